The van der Waals surface area contributed by atoms with Crippen LogP contribution in [0.15, 0.2) is 58.8 Å². The minimum Gasteiger partial charge on any atom is -0.410 e. The first kappa shape index (κ1) is 17.2. The summed E-state index contributed by atoms with van der Waals surface area (Å²) in [5, 5.41) is 19.0. The smallest absolute Gasteiger partial charge is 0.279 e. The number of carbonyl (C=O) groups is 1. The second-order valence-electron chi connectivity index (χ2n) is 5.38. The van der Waals surface area contributed by atoms with E-state index in [-0.39, 0.29) is 11.4 Å². The second kappa shape index (κ2) is 7.92. The number of oxime groups is 1. The third-order valence-electron chi connectivity index (χ3n) is 3.55. The number of nitrogens with one attached hydrogen (secondary N) is 2. The molecule has 1 amide bonds. The van der Waals surface area contributed by atoms with E-state index in [1.807, 2.05) is 38.1 Å². The molecular formula is C18H20N4O2. The Balaban J connectivity index is 2.08. The lowest BCUT2D eigenvalue weighted by Gasteiger charge is -2.08. The van der Waals surface area contributed by atoms with Crippen LogP contribution in [0.2, 0.25) is 0 Å². The number of nitrogens with zero attached hydrogens (tertiary/aromatic N) is 2. The molecule has 2 rings (SSSR count). The minimum atomic E-state index is -0.535. The van der Waals surface area contributed by atoms with Crippen molar-refractivity contribution in [2.24, 2.45) is 10.3 Å². The maximum Gasteiger partial charge on any atom is 0.279 e. The third kappa shape index (κ3) is 4.42. The van der Waals surface area contributed by atoms with Gasteiger partial charge < -0.3 is 10.5 Å². The van der Waals surface area contributed by atoms with E-state index in [1.165, 1.54) is 5.56 Å². The van der Waals surface area contributed by atoms with E-state index in [2.05, 4.69) is 21.0 Å². The highest BCUT2D eigenvalue weighted by Crippen LogP contribution is 2.14. The number of para-hydroxylation sites is 1. The van der Waals surface area contributed by atoms with Gasteiger partial charge in [0.15, 0.2) is 5.71 Å². The highest BCUT2D eigenvalue weighted by Gasteiger charge is 2.16. The number of hydrazone groups is 1. The Hall–Kier alpha value is -3.15. The van der Waals surface area contributed by atoms with Crippen LogP contribution in [0.3, 0.4) is 0 Å². The van der Waals surface area contributed by atoms with Crippen molar-refractivity contribution in [3.63, 3.8) is 0 Å². The van der Waals surface area contributed by atoms with E-state index in [4.69, 9.17) is 5.21 Å². The first-order valence-electron chi connectivity index (χ1n) is 7.47. The molecule has 2 aromatic carbocycles. The molecule has 0 bridgehead atoms. The summed E-state index contributed by atoms with van der Waals surface area (Å²) in [5.41, 5.74) is 6.68. The molecule has 3 N–H and O–H groups in total. The first-order valence-corrected chi connectivity index (χ1v) is 7.47. The van der Waals surface area contributed by atoms with Crippen LogP contribution in [0.25, 0.3) is 0 Å². The monoisotopic (exact) mass is 324 g/mol. The topological polar surface area (TPSA) is 86.1 Å². The normalized spacial score (nSPS) is 12.0. The van der Waals surface area contributed by atoms with Gasteiger partial charge in [-0.25, -0.2) is 0 Å². The Labute approximate surface area is 140 Å². The van der Waals surface area contributed by atoms with Crippen molar-refractivity contribution in [1.82, 2.24) is 0 Å². The average Bonchev–Trinajstić information content (AvgIpc) is 2.57. The van der Waals surface area contributed by atoms with Gasteiger partial charge >= 0.3 is 0 Å². The maximum absolute atomic E-state index is 12.2. The van der Waals surface area contributed by atoms with Crippen LogP contribution >= 0.6 is 0 Å². The van der Waals surface area contributed by atoms with Gasteiger partial charge in [-0.3, -0.25) is 10.2 Å². The molecule has 0 radical (unpaired) electrons. The van der Waals surface area contributed by atoms with E-state index in [1.54, 1.807) is 31.2 Å². The Bertz CT molecular complexity index is 783. The summed E-state index contributed by atoms with van der Waals surface area (Å²) >= 11 is 0. The molecule has 0 aliphatic rings. The predicted molar refractivity (Wildman–Crippen MR) is 96.9 cm³/mol. The number of hydrogen-bond donors (Lipinski definition) is 3. The summed E-state index contributed by atoms with van der Waals surface area (Å²) in [6.07, 6.45) is 0. The number of anilines is 2. The van der Waals surface area contributed by atoms with Gasteiger partial charge in [0, 0.05) is 5.69 Å². The number of benzene rings is 2. The zero-order valence-electron chi connectivity index (χ0n) is 13.9. The molecule has 0 aliphatic heterocycles. The molecule has 124 valence electrons. The predicted octanol–water partition coefficient (Wildman–Crippen LogP) is 3.56. The lowest BCUT2D eigenvalue weighted by Crippen LogP contribution is -2.29. The fourth-order valence-electron chi connectivity index (χ4n) is 2.01. The fraction of sp³-hybridized carbons (Fsp3) is 0.167. The summed E-state index contributed by atoms with van der Waals surface area (Å²) in [5.74, 6) is -0.535. The minimum absolute atomic E-state index is 0.157. The van der Waals surface area contributed by atoms with E-state index in [9.17, 15) is 4.79 Å². The van der Waals surface area contributed by atoms with Crippen LogP contribution in [0, 0.1) is 13.8 Å². The molecule has 0 atom stereocenters. The Morgan fingerprint density at radius 1 is 1.00 bits per heavy atom. The van der Waals surface area contributed by atoms with Gasteiger partial charge in [-0.2, -0.15) is 5.10 Å². The van der Waals surface area contributed by atoms with Crippen LogP contribution in [-0.2, 0) is 4.79 Å². The van der Waals surface area contributed by atoms with Crippen molar-refractivity contribution in [3.05, 3.63) is 59.7 Å². The molecule has 0 aromatic heterocycles. The molecule has 24 heavy (non-hydrogen) atoms. The SMILES string of the molecule is CC(=N\Nc1ccc(C)c(C)c1)/C(=N/O)C(=O)Nc1ccccc1. The number of amides is 1. The molecule has 0 saturated carbocycles. The van der Waals surface area contributed by atoms with Crippen LogP contribution in [0.4, 0.5) is 11.4 Å². The second-order valence-corrected chi connectivity index (χ2v) is 5.38. The molecule has 0 heterocycles. The van der Waals surface area contributed by atoms with E-state index >= 15 is 0 Å². The molecule has 0 fully saturated rings. The highest BCUT2D eigenvalue weighted by molar-refractivity contribution is 6.68. The largest absolute Gasteiger partial charge is 0.410 e. The summed E-state index contributed by atoms with van der Waals surface area (Å²) in [6.45, 7) is 5.62. The van der Waals surface area contributed by atoms with Gasteiger partial charge in [-0.1, -0.05) is 29.4 Å². The van der Waals surface area contributed by atoms with Crippen LogP contribution in [0.5, 0.6) is 0 Å². The Morgan fingerprint density at radius 2 is 1.71 bits per heavy atom. The molecule has 2 aromatic rings. The number of rotatable bonds is 5. The van der Waals surface area contributed by atoms with E-state index < -0.39 is 5.91 Å². The molecule has 0 unspecified atom stereocenters. The van der Waals surface area contributed by atoms with Crippen molar-refractivity contribution in [3.8, 4) is 0 Å². The Kier molecular flexibility index (Phi) is 5.68. The van der Waals surface area contributed by atoms with E-state index in [0.29, 0.717) is 5.69 Å². The average molecular weight is 324 g/mol. The van der Waals surface area contributed by atoms with E-state index in [0.717, 1.165) is 11.3 Å². The fourth-order valence-corrected chi connectivity index (χ4v) is 2.01. The molecule has 0 aliphatic carbocycles. The van der Waals surface area contributed by atoms with Gasteiger partial charge in [0.2, 0.25) is 0 Å². The molecule has 6 nitrogen and oxygen atoms in total. The zero-order valence-corrected chi connectivity index (χ0v) is 13.9. The summed E-state index contributed by atoms with van der Waals surface area (Å²) in [4.78, 5) is 12.2. The van der Waals surface area contributed by atoms with Gasteiger partial charge in [0.05, 0.1) is 11.4 Å². The number of carbonyl (C=O) groups excluding carboxylic acids is 1. The standard InChI is InChI=1S/C18H20N4O2/c1-12-9-10-16(11-13(12)2)21-20-14(3)17(22-24)18(23)19-15-7-5-4-6-8-15/h4-11,21,24H,1-3H3,(H,19,23)/b20-14+,22-17-. The Morgan fingerprint density at radius 3 is 2.33 bits per heavy atom. The lowest BCUT2D eigenvalue weighted by molar-refractivity contribution is -0.110. The first-order chi connectivity index (χ1) is 11.5. The van der Waals surface area contributed by atoms with Crippen molar-refractivity contribution < 1.29 is 10.0 Å². The quantitative estimate of drug-likeness (QED) is 0.446. The molecule has 0 spiro atoms. The van der Waals surface area contributed by atoms with Crippen molar-refractivity contribution in [2.75, 3.05) is 10.7 Å². The van der Waals surface area contributed by atoms with Gasteiger partial charge in [0.25, 0.3) is 5.91 Å². The lowest BCUT2D eigenvalue weighted by atomic mass is 10.1. The number of hydrogen-bond acceptors (Lipinski definition) is 5. The molecular weight excluding hydrogens is 304 g/mol. The maximum atomic E-state index is 12.2. The molecule has 6 heteroatoms. The van der Waals surface area contributed by atoms with Gasteiger partial charge in [-0.05, 0) is 56.2 Å². The van der Waals surface area contributed by atoms with Crippen molar-refractivity contribution in [2.45, 2.75) is 20.8 Å². The van der Waals surface area contributed by atoms with Crippen LogP contribution in [-0.4, -0.2) is 22.5 Å². The third-order valence-corrected chi connectivity index (χ3v) is 3.55. The van der Waals surface area contributed by atoms with Crippen LogP contribution in [0.1, 0.15) is 18.1 Å². The van der Waals surface area contributed by atoms with Crippen molar-refractivity contribution >= 4 is 28.7 Å². The summed E-state index contributed by atoms with van der Waals surface area (Å²) < 4.78 is 0. The summed E-state index contributed by atoms with van der Waals surface area (Å²) in [6, 6.07) is 14.7. The molecule has 0 saturated heterocycles. The summed E-state index contributed by atoms with van der Waals surface area (Å²) in [7, 11) is 0. The number of aryl methyl sites for hydroxylation is 2. The van der Waals surface area contributed by atoms with Crippen molar-refractivity contribution in [1.29, 1.82) is 0 Å². The highest BCUT2D eigenvalue weighted by atomic mass is 16.4. The zero-order chi connectivity index (χ0) is 17.5. The van der Waals surface area contributed by atoms with Gasteiger partial charge in [-0.15, -0.1) is 0 Å². The van der Waals surface area contributed by atoms with Crippen LogP contribution < -0.4 is 10.7 Å². The van der Waals surface area contributed by atoms with Gasteiger partial charge in [0.1, 0.15) is 0 Å².